The van der Waals surface area contributed by atoms with Crippen LogP contribution in [0.4, 0.5) is 4.39 Å². The number of hydrogen-bond donors (Lipinski definition) is 3. The highest BCUT2D eigenvalue weighted by Gasteiger charge is 2.07. The Morgan fingerprint density at radius 1 is 1.03 bits per heavy atom. The van der Waals surface area contributed by atoms with E-state index in [1.165, 1.54) is 12.1 Å². The predicted octanol–water partition coefficient (Wildman–Crippen LogP) is 1.87. The predicted molar refractivity (Wildman–Crippen MR) is 111 cm³/mol. The largest absolute Gasteiger partial charge is 0.497 e. The van der Waals surface area contributed by atoms with Gasteiger partial charge < -0.3 is 25.4 Å². The minimum Gasteiger partial charge on any atom is -0.497 e. The monoisotopic (exact) mass is 402 g/mol. The Kier molecular flexibility index (Phi) is 8.75. The van der Waals surface area contributed by atoms with Crippen LogP contribution in [0.15, 0.2) is 47.5 Å². The van der Waals surface area contributed by atoms with Crippen LogP contribution >= 0.6 is 0 Å². The third-order valence-corrected chi connectivity index (χ3v) is 4.16. The molecule has 0 bridgehead atoms. The first-order chi connectivity index (χ1) is 14.0. The Morgan fingerprint density at radius 3 is 2.52 bits per heavy atom. The smallest absolute Gasteiger partial charge is 0.224 e. The number of methoxy groups -OCH3 is 2. The van der Waals surface area contributed by atoms with Crippen LogP contribution in [-0.2, 0) is 17.8 Å². The minimum atomic E-state index is -0.347. The number of carbonyl (C=O) groups excluding carboxylic acids is 1. The van der Waals surface area contributed by atoms with Crippen molar-refractivity contribution in [2.24, 2.45) is 4.99 Å². The summed E-state index contributed by atoms with van der Waals surface area (Å²) < 4.78 is 23.7. The van der Waals surface area contributed by atoms with Crippen LogP contribution in [0.3, 0.4) is 0 Å². The third-order valence-electron chi connectivity index (χ3n) is 4.16. The average molecular weight is 402 g/mol. The van der Waals surface area contributed by atoms with E-state index >= 15 is 0 Å². The van der Waals surface area contributed by atoms with E-state index in [4.69, 9.17) is 9.47 Å². The van der Waals surface area contributed by atoms with Gasteiger partial charge in [-0.05, 0) is 29.8 Å². The van der Waals surface area contributed by atoms with Crippen molar-refractivity contribution in [1.29, 1.82) is 0 Å². The highest BCUT2D eigenvalue weighted by Crippen LogP contribution is 2.24. The van der Waals surface area contributed by atoms with Crippen molar-refractivity contribution in [3.05, 3.63) is 59.4 Å². The molecule has 156 valence electrons. The fourth-order valence-corrected chi connectivity index (χ4v) is 2.68. The van der Waals surface area contributed by atoms with Crippen LogP contribution < -0.4 is 25.4 Å². The van der Waals surface area contributed by atoms with Gasteiger partial charge in [-0.3, -0.25) is 9.79 Å². The van der Waals surface area contributed by atoms with Crippen molar-refractivity contribution < 1.29 is 18.7 Å². The van der Waals surface area contributed by atoms with Crippen LogP contribution in [-0.4, -0.2) is 46.2 Å². The summed E-state index contributed by atoms with van der Waals surface area (Å²) in [6, 6.07) is 11.6. The minimum absolute atomic E-state index is 0.141. The first-order valence-electron chi connectivity index (χ1n) is 9.22. The summed E-state index contributed by atoms with van der Waals surface area (Å²) in [6.45, 7) is 1.42. The lowest BCUT2D eigenvalue weighted by molar-refractivity contribution is -0.120. The van der Waals surface area contributed by atoms with Gasteiger partial charge in [0.1, 0.15) is 17.3 Å². The number of nitrogens with one attached hydrogen (secondary N) is 3. The van der Waals surface area contributed by atoms with E-state index in [0.717, 1.165) is 17.1 Å². The van der Waals surface area contributed by atoms with E-state index in [2.05, 4.69) is 20.9 Å². The molecule has 0 aromatic heterocycles. The number of benzene rings is 2. The molecule has 29 heavy (non-hydrogen) atoms. The van der Waals surface area contributed by atoms with E-state index in [9.17, 15) is 9.18 Å². The molecule has 0 aliphatic rings. The van der Waals surface area contributed by atoms with Gasteiger partial charge in [0.15, 0.2) is 5.96 Å². The fourth-order valence-electron chi connectivity index (χ4n) is 2.68. The maximum absolute atomic E-state index is 13.2. The molecule has 0 radical (unpaired) electrons. The second-order valence-corrected chi connectivity index (χ2v) is 6.19. The van der Waals surface area contributed by atoms with E-state index in [0.29, 0.717) is 31.2 Å². The maximum Gasteiger partial charge on any atom is 0.224 e. The number of amides is 1. The van der Waals surface area contributed by atoms with Gasteiger partial charge in [-0.1, -0.05) is 12.1 Å². The summed E-state index contributed by atoms with van der Waals surface area (Å²) in [7, 11) is 4.89. The SMILES string of the molecule is CN=C(NCCNC(=O)Cc1cccc(F)c1)NCc1ccc(OC)cc1OC. The topological polar surface area (TPSA) is 84.0 Å². The van der Waals surface area contributed by atoms with Gasteiger partial charge in [-0.15, -0.1) is 0 Å². The molecule has 2 aromatic carbocycles. The van der Waals surface area contributed by atoms with Gasteiger partial charge in [0.2, 0.25) is 5.91 Å². The molecule has 0 saturated carbocycles. The van der Waals surface area contributed by atoms with E-state index < -0.39 is 0 Å². The fraction of sp³-hybridized carbons (Fsp3) is 0.333. The van der Waals surface area contributed by atoms with E-state index in [1.807, 2.05) is 18.2 Å². The first-order valence-corrected chi connectivity index (χ1v) is 9.22. The normalized spacial score (nSPS) is 11.0. The third kappa shape index (κ3) is 7.33. The second-order valence-electron chi connectivity index (χ2n) is 6.19. The summed E-state index contributed by atoms with van der Waals surface area (Å²) in [5.41, 5.74) is 1.60. The quantitative estimate of drug-likeness (QED) is 0.339. The molecule has 0 fully saturated rings. The van der Waals surface area contributed by atoms with Gasteiger partial charge in [0.05, 0.1) is 20.6 Å². The van der Waals surface area contributed by atoms with Gasteiger partial charge in [0.25, 0.3) is 0 Å². The molecule has 0 aliphatic heterocycles. The number of guanidine groups is 1. The van der Waals surface area contributed by atoms with E-state index in [-0.39, 0.29) is 18.1 Å². The lowest BCUT2D eigenvalue weighted by Crippen LogP contribution is -2.41. The zero-order valence-electron chi connectivity index (χ0n) is 16.9. The Balaban J connectivity index is 1.73. The molecule has 0 saturated heterocycles. The molecule has 1 amide bonds. The van der Waals surface area contributed by atoms with Crippen LogP contribution in [0.1, 0.15) is 11.1 Å². The Hall–Kier alpha value is -3.29. The lowest BCUT2D eigenvalue weighted by Gasteiger charge is -2.14. The van der Waals surface area contributed by atoms with Crippen LogP contribution in [0.5, 0.6) is 11.5 Å². The summed E-state index contributed by atoms with van der Waals surface area (Å²) in [4.78, 5) is 16.1. The second kappa shape index (κ2) is 11.5. The summed E-state index contributed by atoms with van der Waals surface area (Å²) in [5.74, 6) is 1.53. The lowest BCUT2D eigenvalue weighted by atomic mass is 10.1. The van der Waals surface area contributed by atoms with Gasteiger partial charge in [0, 0.05) is 38.3 Å². The number of ether oxygens (including phenoxy) is 2. The molecule has 0 atom stereocenters. The molecule has 2 aromatic rings. The summed E-state index contributed by atoms with van der Waals surface area (Å²) in [5, 5.41) is 9.12. The standard InChI is InChI=1S/C21H27FN4O3/c1-23-21(26-14-16-7-8-18(28-2)13-19(16)29-3)25-10-9-24-20(27)12-15-5-4-6-17(22)11-15/h4-8,11,13H,9-10,12,14H2,1-3H3,(H,24,27)(H2,23,25,26). The highest BCUT2D eigenvalue weighted by molar-refractivity contribution is 5.80. The molecule has 8 heteroatoms. The van der Waals surface area contributed by atoms with Crippen molar-refractivity contribution in [2.75, 3.05) is 34.4 Å². The number of hydrogen-bond acceptors (Lipinski definition) is 4. The van der Waals surface area contributed by atoms with Crippen molar-refractivity contribution in [2.45, 2.75) is 13.0 Å². The van der Waals surface area contributed by atoms with Crippen LogP contribution in [0, 0.1) is 5.82 Å². The van der Waals surface area contributed by atoms with Crippen molar-refractivity contribution in [3.63, 3.8) is 0 Å². The molecular formula is C21H27FN4O3. The molecular weight excluding hydrogens is 375 g/mol. The Morgan fingerprint density at radius 2 is 1.83 bits per heavy atom. The number of rotatable bonds is 9. The number of halogens is 1. The van der Waals surface area contributed by atoms with Gasteiger partial charge >= 0.3 is 0 Å². The van der Waals surface area contributed by atoms with Crippen molar-refractivity contribution >= 4 is 11.9 Å². The molecule has 0 unspecified atom stereocenters. The van der Waals surface area contributed by atoms with Gasteiger partial charge in [-0.2, -0.15) is 0 Å². The summed E-state index contributed by atoms with van der Waals surface area (Å²) in [6.07, 6.45) is 0.141. The maximum atomic E-state index is 13.2. The van der Waals surface area contributed by atoms with Crippen molar-refractivity contribution in [1.82, 2.24) is 16.0 Å². The van der Waals surface area contributed by atoms with E-state index in [1.54, 1.807) is 33.4 Å². The molecule has 0 spiro atoms. The number of nitrogens with zero attached hydrogens (tertiary/aromatic N) is 1. The Labute approximate surface area is 170 Å². The van der Waals surface area contributed by atoms with Gasteiger partial charge in [-0.25, -0.2) is 4.39 Å². The molecule has 0 aliphatic carbocycles. The zero-order chi connectivity index (χ0) is 21.1. The highest BCUT2D eigenvalue weighted by atomic mass is 19.1. The molecule has 3 N–H and O–H groups in total. The number of carbonyl (C=O) groups is 1. The van der Waals surface area contributed by atoms with Crippen molar-refractivity contribution in [3.8, 4) is 11.5 Å². The molecule has 7 nitrogen and oxygen atoms in total. The molecule has 2 rings (SSSR count). The molecule has 0 heterocycles. The first kappa shape index (κ1) is 22.0. The average Bonchev–Trinajstić information content (AvgIpc) is 2.73. The summed E-state index contributed by atoms with van der Waals surface area (Å²) >= 11 is 0. The zero-order valence-corrected chi connectivity index (χ0v) is 16.9. The number of aliphatic imine (C=N–C) groups is 1. The Bertz CT molecular complexity index is 842. The van der Waals surface area contributed by atoms with Crippen LogP contribution in [0.2, 0.25) is 0 Å². The van der Waals surface area contributed by atoms with Crippen LogP contribution in [0.25, 0.3) is 0 Å².